The maximum absolute atomic E-state index is 4.61. The van der Waals surface area contributed by atoms with Crippen LogP contribution in [0.5, 0.6) is 0 Å². The molecule has 1 heterocycles. The standard InChI is InChI=1S/C12H21N3/c1-6-15(5)12-11(8-13-4)9(2)7-10(3)14-12/h7,13H,6,8H2,1-5H3. The van der Waals surface area contributed by atoms with Gasteiger partial charge in [-0.15, -0.1) is 0 Å². The van der Waals surface area contributed by atoms with Crippen LogP contribution in [0.2, 0.25) is 0 Å². The van der Waals surface area contributed by atoms with Crippen LogP contribution in [0.4, 0.5) is 5.82 Å². The van der Waals surface area contributed by atoms with Crippen LogP contribution in [0, 0.1) is 13.8 Å². The minimum absolute atomic E-state index is 0.874. The Morgan fingerprint density at radius 1 is 1.40 bits per heavy atom. The quantitative estimate of drug-likeness (QED) is 0.817. The third-order valence-corrected chi connectivity index (χ3v) is 2.64. The third-order valence-electron chi connectivity index (χ3n) is 2.64. The molecule has 84 valence electrons. The lowest BCUT2D eigenvalue weighted by molar-refractivity contribution is 0.792. The maximum Gasteiger partial charge on any atom is 0.133 e. The first kappa shape index (κ1) is 12.0. The molecular weight excluding hydrogens is 186 g/mol. The summed E-state index contributed by atoms with van der Waals surface area (Å²) in [6.07, 6.45) is 0. The van der Waals surface area contributed by atoms with Gasteiger partial charge in [-0.3, -0.25) is 0 Å². The van der Waals surface area contributed by atoms with Crippen molar-refractivity contribution in [1.82, 2.24) is 10.3 Å². The molecule has 15 heavy (non-hydrogen) atoms. The van der Waals surface area contributed by atoms with Gasteiger partial charge in [-0.25, -0.2) is 4.98 Å². The molecule has 0 spiro atoms. The van der Waals surface area contributed by atoms with Gasteiger partial charge in [-0.05, 0) is 39.4 Å². The summed E-state index contributed by atoms with van der Waals surface area (Å²) < 4.78 is 0. The Morgan fingerprint density at radius 3 is 2.60 bits per heavy atom. The summed E-state index contributed by atoms with van der Waals surface area (Å²) in [6, 6.07) is 2.14. The summed E-state index contributed by atoms with van der Waals surface area (Å²) in [5, 5.41) is 3.20. The van der Waals surface area contributed by atoms with E-state index < -0.39 is 0 Å². The van der Waals surface area contributed by atoms with Crippen molar-refractivity contribution in [3.63, 3.8) is 0 Å². The molecule has 0 bridgehead atoms. The Labute approximate surface area is 92.5 Å². The highest BCUT2D eigenvalue weighted by atomic mass is 15.2. The second-order valence-electron chi connectivity index (χ2n) is 3.93. The number of nitrogens with zero attached hydrogens (tertiary/aromatic N) is 2. The SMILES string of the molecule is CCN(C)c1nc(C)cc(C)c1CNC. The average Bonchev–Trinajstić information content (AvgIpc) is 2.20. The molecule has 0 unspecified atom stereocenters. The lowest BCUT2D eigenvalue weighted by Crippen LogP contribution is -2.22. The van der Waals surface area contributed by atoms with Gasteiger partial charge in [0.05, 0.1) is 0 Å². The van der Waals surface area contributed by atoms with E-state index in [0.717, 1.165) is 24.6 Å². The predicted molar refractivity (Wildman–Crippen MR) is 65.4 cm³/mol. The third kappa shape index (κ3) is 2.69. The van der Waals surface area contributed by atoms with Crippen LogP contribution in [0.25, 0.3) is 0 Å². The van der Waals surface area contributed by atoms with Crippen LogP contribution in [-0.4, -0.2) is 25.6 Å². The van der Waals surface area contributed by atoms with E-state index in [1.165, 1.54) is 11.1 Å². The first-order valence-electron chi connectivity index (χ1n) is 5.43. The molecule has 3 nitrogen and oxygen atoms in total. The molecule has 0 fully saturated rings. The molecule has 3 heteroatoms. The van der Waals surface area contributed by atoms with Gasteiger partial charge in [0, 0.05) is 31.4 Å². The van der Waals surface area contributed by atoms with Crippen molar-refractivity contribution >= 4 is 5.82 Å². The Balaban J connectivity index is 3.20. The van der Waals surface area contributed by atoms with Gasteiger partial charge in [-0.1, -0.05) is 0 Å². The topological polar surface area (TPSA) is 28.2 Å². The molecular formula is C12H21N3. The number of hydrogen-bond donors (Lipinski definition) is 1. The van der Waals surface area contributed by atoms with Crippen LogP contribution in [0.3, 0.4) is 0 Å². The zero-order valence-electron chi connectivity index (χ0n) is 10.4. The Kier molecular flexibility index (Phi) is 4.09. The van der Waals surface area contributed by atoms with E-state index in [0.29, 0.717) is 0 Å². The minimum Gasteiger partial charge on any atom is -0.360 e. The molecule has 1 aromatic rings. The summed E-state index contributed by atoms with van der Waals surface area (Å²) in [6.45, 7) is 8.19. The molecule has 1 rings (SSSR count). The van der Waals surface area contributed by atoms with E-state index in [-0.39, 0.29) is 0 Å². The molecule has 0 atom stereocenters. The van der Waals surface area contributed by atoms with Crippen molar-refractivity contribution in [3.8, 4) is 0 Å². The number of nitrogens with one attached hydrogen (secondary N) is 1. The molecule has 0 saturated carbocycles. The Hall–Kier alpha value is -1.09. The fourth-order valence-corrected chi connectivity index (χ4v) is 1.70. The number of hydrogen-bond acceptors (Lipinski definition) is 3. The highest BCUT2D eigenvalue weighted by Gasteiger charge is 2.10. The van der Waals surface area contributed by atoms with Gasteiger partial charge in [0.2, 0.25) is 0 Å². The average molecular weight is 207 g/mol. The second-order valence-corrected chi connectivity index (χ2v) is 3.93. The summed E-state index contributed by atoms with van der Waals surface area (Å²) >= 11 is 0. The number of aromatic nitrogens is 1. The minimum atomic E-state index is 0.874. The van der Waals surface area contributed by atoms with Crippen LogP contribution >= 0.6 is 0 Å². The Morgan fingerprint density at radius 2 is 2.07 bits per heavy atom. The lowest BCUT2D eigenvalue weighted by Gasteiger charge is -2.21. The smallest absolute Gasteiger partial charge is 0.133 e. The Bertz CT molecular complexity index is 334. The number of pyridine rings is 1. The summed E-state index contributed by atoms with van der Waals surface area (Å²) in [5.74, 6) is 1.10. The zero-order chi connectivity index (χ0) is 11.4. The molecule has 0 aliphatic heterocycles. The van der Waals surface area contributed by atoms with Crippen LogP contribution in [-0.2, 0) is 6.54 Å². The van der Waals surface area contributed by atoms with Crippen LogP contribution in [0.1, 0.15) is 23.7 Å². The monoisotopic (exact) mass is 207 g/mol. The molecule has 0 aromatic carbocycles. The summed E-state index contributed by atoms with van der Waals surface area (Å²) in [5.41, 5.74) is 3.70. The first-order chi connectivity index (χ1) is 7.10. The van der Waals surface area contributed by atoms with Crippen molar-refractivity contribution in [1.29, 1.82) is 0 Å². The molecule has 1 N–H and O–H groups in total. The van der Waals surface area contributed by atoms with Crippen molar-refractivity contribution in [3.05, 3.63) is 22.9 Å². The number of aryl methyl sites for hydroxylation is 2. The van der Waals surface area contributed by atoms with Crippen molar-refractivity contribution in [2.24, 2.45) is 0 Å². The second kappa shape index (κ2) is 5.12. The zero-order valence-corrected chi connectivity index (χ0v) is 10.4. The normalized spacial score (nSPS) is 10.5. The first-order valence-corrected chi connectivity index (χ1v) is 5.43. The fourth-order valence-electron chi connectivity index (χ4n) is 1.70. The van der Waals surface area contributed by atoms with Gasteiger partial charge in [0.15, 0.2) is 0 Å². The van der Waals surface area contributed by atoms with Crippen LogP contribution < -0.4 is 10.2 Å². The molecule has 0 aliphatic rings. The van der Waals surface area contributed by atoms with E-state index in [1.807, 2.05) is 14.0 Å². The number of rotatable bonds is 4. The fraction of sp³-hybridized carbons (Fsp3) is 0.583. The van der Waals surface area contributed by atoms with E-state index in [2.05, 4.69) is 42.2 Å². The summed E-state index contributed by atoms with van der Waals surface area (Å²) in [4.78, 5) is 6.80. The number of anilines is 1. The maximum atomic E-state index is 4.61. The highest BCUT2D eigenvalue weighted by Crippen LogP contribution is 2.21. The van der Waals surface area contributed by atoms with Crippen molar-refractivity contribution < 1.29 is 0 Å². The molecule has 0 amide bonds. The largest absolute Gasteiger partial charge is 0.360 e. The molecule has 1 aromatic heterocycles. The summed E-state index contributed by atoms with van der Waals surface area (Å²) in [7, 11) is 4.05. The predicted octanol–water partition coefficient (Wildman–Crippen LogP) is 1.87. The van der Waals surface area contributed by atoms with Gasteiger partial charge < -0.3 is 10.2 Å². The van der Waals surface area contributed by atoms with E-state index in [1.54, 1.807) is 0 Å². The van der Waals surface area contributed by atoms with Gasteiger partial charge in [-0.2, -0.15) is 0 Å². The van der Waals surface area contributed by atoms with Crippen LogP contribution in [0.15, 0.2) is 6.07 Å². The van der Waals surface area contributed by atoms with E-state index in [9.17, 15) is 0 Å². The van der Waals surface area contributed by atoms with Gasteiger partial charge in [0.25, 0.3) is 0 Å². The van der Waals surface area contributed by atoms with Gasteiger partial charge in [0.1, 0.15) is 5.82 Å². The van der Waals surface area contributed by atoms with E-state index in [4.69, 9.17) is 0 Å². The molecule has 0 radical (unpaired) electrons. The molecule has 0 aliphatic carbocycles. The highest BCUT2D eigenvalue weighted by molar-refractivity contribution is 5.51. The van der Waals surface area contributed by atoms with Crippen molar-refractivity contribution in [2.75, 3.05) is 25.5 Å². The lowest BCUT2D eigenvalue weighted by atomic mass is 10.1. The molecule has 0 saturated heterocycles. The van der Waals surface area contributed by atoms with E-state index >= 15 is 0 Å². The van der Waals surface area contributed by atoms with Crippen molar-refractivity contribution in [2.45, 2.75) is 27.3 Å². The van der Waals surface area contributed by atoms with Gasteiger partial charge >= 0.3 is 0 Å².